The minimum atomic E-state index is -3.75. The number of sulfonamides is 1. The van der Waals surface area contributed by atoms with Gasteiger partial charge >= 0.3 is 0 Å². The first-order valence-electron chi connectivity index (χ1n) is 10.2. The number of carbonyl (C=O) groups is 1. The van der Waals surface area contributed by atoms with Crippen molar-refractivity contribution in [2.75, 3.05) is 13.1 Å². The summed E-state index contributed by atoms with van der Waals surface area (Å²) in [7, 11) is -3.75. The van der Waals surface area contributed by atoms with Crippen LogP contribution in [0, 0.1) is 11.7 Å². The number of rotatable bonds is 6. The second-order valence-corrected chi connectivity index (χ2v) is 9.67. The van der Waals surface area contributed by atoms with E-state index in [0.29, 0.717) is 25.1 Å². The van der Waals surface area contributed by atoms with Crippen LogP contribution in [0.1, 0.15) is 31.4 Å². The zero-order chi connectivity index (χ0) is 22.7. The molecule has 3 aromatic rings. The van der Waals surface area contributed by atoms with Gasteiger partial charge in [0.2, 0.25) is 15.9 Å². The minimum Gasteiger partial charge on any atom is -0.349 e. The summed E-state index contributed by atoms with van der Waals surface area (Å²) in [5.41, 5.74) is 1.42. The van der Waals surface area contributed by atoms with Crippen LogP contribution in [-0.4, -0.2) is 51.9 Å². The number of amides is 1. The number of piperidine rings is 1. The summed E-state index contributed by atoms with van der Waals surface area (Å²) in [4.78, 5) is 13.0. The highest BCUT2D eigenvalue weighted by molar-refractivity contribution is 7.89. The topological polar surface area (TPSA) is 110 Å². The molecule has 1 aliphatic heterocycles. The highest BCUT2D eigenvalue weighted by Gasteiger charge is 2.33. The minimum absolute atomic E-state index is 0.110. The van der Waals surface area contributed by atoms with Crippen molar-refractivity contribution in [3.63, 3.8) is 0 Å². The molecule has 0 spiro atoms. The molecule has 2 heterocycles. The number of tetrazole rings is 1. The summed E-state index contributed by atoms with van der Waals surface area (Å²) < 4.78 is 42.2. The molecule has 2 aromatic carbocycles. The Kier molecular flexibility index (Phi) is 6.28. The summed E-state index contributed by atoms with van der Waals surface area (Å²) >= 11 is 0. The van der Waals surface area contributed by atoms with E-state index in [1.54, 1.807) is 24.3 Å². The van der Waals surface area contributed by atoms with Gasteiger partial charge in [-0.3, -0.25) is 4.79 Å². The Hall–Kier alpha value is -3.18. The fourth-order valence-corrected chi connectivity index (χ4v) is 5.26. The number of halogens is 1. The summed E-state index contributed by atoms with van der Waals surface area (Å²) in [6, 6.07) is 11.9. The van der Waals surface area contributed by atoms with Crippen LogP contribution >= 0.6 is 0 Å². The van der Waals surface area contributed by atoms with Crippen LogP contribution in [-0.2, 0) is 14.8 Å². The second kappa shape index (κ2) is 9.13. The average molecular weight is 459 g/mol. The van der Waals surface area contributed by atoms with E-state index < -0.39 is 15.9 Å². The van der Waals surface area contributed by atoms with E-state index in [0.717, 1.165) is 5.56 Å². The van der Waals surface area contributed by atoms with Crippen LogP contribution in [0.15, 0.2) is 59.8 Å². The lowest BCUT2D eigenvalue weighted by Gasteiger charge is -2.32. The number of aromatic nitrogens is 4. The van der Waals surface area contributed by atoms with E-state index in [2.05, 4.69) is 20.8 Å². The standard InChI is InChI=1S/C21H23FN6O3S/c1-15(16-4-6-18(22)7-5-16)24-21(29)17-3-2-12-27(13-17)32(30,31)20-10-8-19(9-11-20)28-14-23-25-26-28/h4-11,14-15,17H,2-3,12-13H2,1H3,(H,24,29)/t15-,17+/m1/s1. The molecule has 1 aromatic heterocycles. The fraction of sp³-hybridized carbons (Fsp3) is 0.333. The highest BCUT2D eigenvalue weighted by atomic mass is 32.2. The lowest BCUT2D eigenvalue weighted by Crippen LogP contribution is -2.45. The maximum Gasteiger partial charge on any atom is 0.243 e. The Labute approximate surface area is 185 Å². The van der Waals surface area contributed by atoms with Crippen molar-refractivity contribution in [1.82, 2.24) is 29.8 Å². The molecule has 1 aliphatic rings. The van der Waals surface area contributed by atoms with Crippen molar-refractivity contribution >= 4 is 15.9 Å². The third-order valence-corrected chi connectivity index (χ3v) is 7.45. The molecular formula is C21H23FN6O3S. The number of benzene rings is 2. The first-order chi connectivity index (χ1) is 15.3. The summed E-state index contributed by atoms with van der Waals surface area (Å²) in [6.07, 6.45) is 2.61. The maximum absolute atomic E-state index is 13.1. The fourth-order valence-electron chi connectivity index (χ4n) is 3.74. The van der Waals surface area contributed by atoms with Crippen LogP contribution in [0.5, 0.6) is 0 Å². The number of carbonyl (C=O) groups excluding carboxylic acids is 1. The molecule has 0 unspecified atom stereocenters. The first-order valence-corrected chi connectivity index (χ1v) is 11.7. The van der Waals surface area contributed by atoms with Gasteiger partial charge in [0.25, 0.3) is 0 Å². The number of hydrogen-bond donors (Lipinski definition) is 1. The van der Waals surface area contributed by atoms with Gasteiger partial charge in [0.05, 0.1) is 22.5 Å². The van der Waals surface area contributed by atoms with E-state index in [4.69, 9.17) is 0 Å². The van der Waals surface area contributed by atoms with E-state index in [1.807, 2.05) is 6.92 Å². The van der Waals surface area contributed by atoms with Crippen molar-refractivity contribution < 1.29 is 17.6 Å². The monoisotopic (exact) mass is 458 g/mol. The van der Waals surface area contributed by atoms with Crippen molar-refractivity contribution in [2.45, 2.75) is 30.7 Å². The third-order valence-electron chi connectivity index (χ3n) is 5.57. The van der Waals surface area contributed by atoms with Gasteiger partial charge < -0.3 is 5.32 Å². The Morgan fingerprint density at radius 2 is 1.88 bits per heavy atom. The lowest BCUT2D eigenvalue weighted by molar-refractivity contribution is -0.126. The zero-order valence-electron chi connectivity index (χ0n) is 17.4. The van der Waals surface area contributed by atoms with E-state index in [9.17, 15) is 17.6 Å². The van der Waals surface area contributed by atoms with E-state index in [-0.39, 0.29) is 29.2 Å². The molecule has 1 fully saturated rings. The molecule has 11 heteroatoms. The van der Waals surface area contributed by atoms with Gasteiger partial charge in [-0.25, -0.2) is 17.5 Å². The van der Waals surface area contributed by atoms with Crippen molar-refractivity contribution in [2.24, 2.45) is 5.92 Å². The van der Waals surface area contributed by atoms with Gasteiger partial charge in [-0.05, 0) is 72.2 Å². The van der Waals surface area contributed by atoms with Gasteiger partial charge in [0, 0.05) is 13.1 Å². The van der Waals surface area contributed by atoms with Crippen molar-refractivity contribution in [3.8, 4) is 5.69 Å². The van der Waals surface area contributed by atoms with Gasteiger partial charge in [-0.15, -0.1) is 5.10 Å². The predicted octanol–water partition coefficient (Wildman–Crippen LogP) is 2.08. The molecule has 1 saturated heterocycles. The summed E-state index contributed by atoms with van der Waals surface area (Å²) in [5, 5.41) is 13.8. The molecular weight excluding hydrogens is 435 g/mol. The summed E-state index contributed by atoms with van der Waals surface area (Å²) in [5.74, 6) is -1.01. The first kappa shape index (κ1) is 22.0. The molecule has 32 heavy (non-hydrogen) atoms. The zero-order valence-corrected chi connectivity index (χ0v) is 18.2. The van der Waals surface area contributed by atoms with Crippen LogP contribution in [0.4, 0.5) is 4.39 Å². The molecule has 9 nitrogen and oxygen atoms in total. The molecule has 4 rings (SSSR count). The van der Waals surface area contributed by atoms with Gasteiger partial charge in [-0.1, -0.05) is 12.1 Å². The van der Waals surface area contributed by atoms with Crippen LogP contribution in [0.25, 0.3) is 5.69 Å². The van der Waals surface area contributed by atoms with Crippen LogP contribution < -0.4 is 5.32 Å². The Bertz CT molecular complexity index is 1170. The average Bonchev–Trinajstić information content (AvgIpc) is 3.35. The van der Waals surface area contributed by atoms with Crippen molar-refractivity contribution in [3.05, 3.63) is 66.2 Å². The Morgan fingerprint density at radius 3 is 2.53 bits per heavy atom. The number of nitrogens with zero attached hydrogens (tertiary/aromatic N) is 5. The molecule has 1 amide bonds. The molecule has 0 aliphatic carbocycles. The third kappa shape index (κ3) is 4.68. The number of hydrogen-bond acceptors (Lipinski definition) is 6. The molecule has 2 atom stereocenters. The maximum atomic E-state index is 13.1. The predicted molar refractivity (Wildman–Crippen MR) is 114 cm³/mol. The Balaban J connectivity index is 1.43. The lowest BCUT2D eigenvalue weighted by atomic mass is 9.98. The smallest absolute Gasteiger partial charge is 0.243 e. The van der Waals surface area contributed by atoms with Gasteiger partial charge in [-0.2, -0.15) is 4.31 Å². The number of nitrogens with one attached hydrogen (secondary N) is 1. The van der Waals surface area contributed by atoms with Crippen LogP contribution in [0.3, 0.4) is 0 Å². The largest absolute Gasteiger partial charge is 0.349 e. The molecule has 0 saturated carbocycles. The van der Waals surface area contributed by atoms with Gasteiger partial charge in [0.1, 0.15) is 12.1 Å². The second-order valence-electron chi connectivity index (χ2n) is 7.73. The molecule has 168 valence electrons. The quantitative estimate of drug-likeness (QED) is 0.606. The normalized spacial score (nSPS) is 18.2. The Morgan fingerprint density at radius 1 is 1.16 bits per heavy atom. The van der Waals surface area contributed by atoms with Crippen LogP contribution in [0.2, 0.25) is 0 Å². The molecule has 0 radical (unpaired) electrons. The molecule has 1 N–H and O–H groups in total. The summed E-state index contributed by atoms with van der Waals surface area (Å²) in [6.45, 7) is 2.28. The highest BCUT2D eigenvalue weighted by Crippen LogP contribution is 2.25. The SMILES string of the molecule is C[C@@H](NC(=O)[C@H]1CCCN(S(=O)(=O)c2ccc(-n3cnnn3)cc2)C1)c1ccc(F)cc1. The van der Waals surface area contributed by atoms with Gasteiger partial charge in [0.15, 0.2) is 0 Å². The van der Waals surface area contributed by atoms with E-state index in [1.165, 1.54) is 39.6 Å². The molecule has 0 bridgehead atoms. The van der Waals surface area contributed by atoms with E-state index >= 15 is 0 Å². The van der Waals surface area contributed by atoms with Crippen molar-refractivity contribution in [1.29, 1.82) is 0 Å².